The number of ether oxygens (including phenoxy) is 1. The van der Waals surface area contributed by atoms with Gasteiger partial charge in [-0.15, -0.1) is 0 Å². The second kappa shape index (κ2) is 10.2. The molecule has 0 heterocycles. The highest BCUT2D eigenvalue weighted by Gasteiger charge is 2.18. The molecule has 8 heteroatoms. The molecule has 3 N–H and O–H groups in total. The predicted molar refractivity (Wildman–Crippen MR) is 93.0 cm³/mol. The van der Waals surface area contributed by atoms with Gasteiger partial charge in [0.05, 0.1) is 6.42 Å². The van der Waals surface area contributed by atoms with Crippen LogP contribution in [0.15, 0.2) is 30.3 Å². The lowest BCUT2D eigenvalue weighted by Crippen LogP contribution is -2.45. The molecule has 0 aromatic heterocycles. The van der Waals surface area contributed by atoms with E-state index >= 15 is 0 Å². The maximum atomic E-state index is 11.7. The molecule has 8 nitrogen and oxygen atoms in total. The minimum absolute atomic E-state index is 0.0881. The Labute approximate surface area is 151 Å². The van der Waals surface area contributed by atoms with Gasteiger partial charge in [0.25, 0.3) is 5.91 Å². The van der Waals surface area contributed by atoms with E-state index in [1.165, 1.54) is 0 Å². The number of hydrogen-bond acceptors (Lipinski definition) is 5. The van der Waals surface area contributed by atoms with E-state index in [1.807, 2.05) is 18.2 Å². The van der Waals surface area contributed by atoms with Crippen molar-refractivity contribution in [3.63, 3.8) is 0 Å². The first kappa shape index (κ1) is 19.4. The van der Waals surface area contributed by atoms with E-state index in [1.54, 1.807) is 12.1 Å². The average Bonchev–Trinajstić information content (AvgIpc) is 3.12. The maximum Gasteiger partial charge on any atom is 0.325 e. The van der Waals surface area contributed by atoms with Crippen molar-refractivity contribution in [2.24, 2.45) is 0 Å². The van der Waals surface area contributed by atoms with Gasteiger partial charge in [-0.05, 0) is 18.4 Å². The van der Waals surface area contributed by atoms with Gasteiger partial charge >= 0.3 is 12.0 Å². The second-order valence-electron chi connectivity index (χ2n) is 6.10. The van der Waals surface area contributed by atoms with Gasteiger partial charge in [-0.3, -0.25) is 19.7 Å². The van der Waals surface area contributed by atoms with Crippen molar-refractivity contribution in [2.75, 3.05) is 13.2 Å². The van der Waals surface area contributed by atoms with Crippen molar-refractivity contribution in [2.45, 2.75) is 38.1 Å². The van der Waals surface area contributed by atoms with Gasteiger partial charge in [0, 0.05) is 6.04 Å². The Kier molecular flexibility index (Phi) is 7.60. The average molecular weight is 361 g/mol. The summed E-state index contributed by atoms with van der Waals surface area (Å²) in [7, 11) is 0. The third-order valence-electron chi connectivity index (χ3n) is 3.94. The summed E-state index contributed by atoms with van der Waals surface area (Å²) in [5.74, 6) is -1.80. The summed E-state index contributed by atoms with van der Waals surface area (Å²) in [6.07, 6.45) is 4.08. The lowest BCUT2D eigenvalue weighted by molar-refractivity contribution is -0.148. The lowest BCUT2D eigenvalue weighted by atomic mass is 10.1. The largest absolute Gasteiger partial charge is 0.454 e. The molecule has 1 aliphatic rings. The van der Waals surface area contributed by atoms with E-state index in [0.29, 0.717) is 0 Å². The number of amides is 4. The summed E-state index contributed by atoms with van der Waals surface area (Å²) in [6, 6.07) is 8.59. The monoisotopic (exact) mass is 361 g/mol. The van der Waals surface area contributed by atoms with E-state index in [9.17, 15) is 19.2 Å². The number of imide groups is 1. The molecular weight excluding hydrogens is 338 g/mol. The third-order valence-corrected chi connectivity index (χ3v) is 3.94. The first-order valence-electron chi connectivity index (χ1n) is 8.59. The van der Waals surface area contributed by atoms with Crippen LogP contribution >= 0.6 is 0 Å². The van der Waals surface area contributed by atoms with Crippen LogP contribution in [0.25, 0.3) is 0 Å². The van der Waals surface area contributed by atoms with Crippen LogP contribution in [0.5, 0.6) is 0 Å². The Hall–Kier alpha value is -2.90. The summed E-state index contributed by atoms with van der Waals surface area (Å²) >= 11 is 0. The number of carbonyl (C=O) groups excluding carboxylic acids is 4. The molecule has 2 rings (SSSR count). The van der Waals surface area contributed by atoms with E-state index in [2.05, 4.69) is 16.0 Å². The summed E-state index contributed by atoms with van der Waals surface area (Å²) in [5.41, 5.74) is 0.825. The Morgan fingerprint density at radius 2 is 1.69 bits per heavy atom. The first-order valence-corrected chi connectivity index (χ1v) is 8.59. The number of carbonyl (C=O) groups is 4. The summed E-state index contributed by atoms with van der Waals surface area (Å²) in [5, 5.41) is 7.22. The molecular formula is C18H23N3O5. The van der Waals surface area contributed by atoms with Crippen molar-refractivity contribution < 1.29 is 23.9 Å². The summed E-state index contributed by atoms with van der Waals surface area (Å²) in [6.45, 7) is -0.918. The molecule has 0 unspecified atom stereocenters. The zero-order valence-corrected chi connectivity index (χ0v) is 14.5. The topological polar surface area (TPSA) is 114 Å². The maximum absolute atomic E-state index is 11.7. The van der Waals surface area contributed by atoms with Crippen molar-refractivity contribution in [3.05, 3.63) is 35.9 Å². The minimum atomic E-state index is -0.752. The zero-order valence-electron chi connectivity index (χ0n) is 14.5. The molecule has 1 aromatic carbocycles. The van der Waals surface area contributed by atoms with Crippen LogP contribution in [0, 0.1) is 0 Å². The Bertz CT molecular complexity index is 641. The molecule has 0 radical (unpaired) electrons. The second-order valence-corrected chi connectivity index (χ2v) is 6.10. The van der Waals surface area contributed by atoms with Crippen LogP contribution in [-0.2, 0) is 25.5 Å². The fourth-order valence-corrected chi connectivity index (χ4v) is 2.67. The number of urea groups is 1. The third kappa shape index (κ3) is 7.33. The van der Waals surface area contributed by atoms with Crippen LogP contribution < -0.4 is 16.0 Å². The van der Waals surface area contributed by atoms with Crippen molar-refractivity contribution in [3.8, 4) is 0 Å². The fourth-order valence-electron chi connectivity index (χ4n) is 2.67. The highest BCUT2D eigenvalue weighted by molar-refractivity contribution is 5.95. The number of rotatable bonds is 7. The molecule has 26 heavy (non-hydrogen) atoms. The molecule has 0 atom stereocenters. The number of nitrogens with one attached hydrogen (secondary N) is 3. The summed E-state index contributed by atoms with van der Waals surface area (Å²) in [4.78, 5) is 46.4. The zero-order chi connectivity index (χ0) is 18.8. The highest BCUT2D eigenvalue weighted by Crippen LogP contribution is 2.17. The van der Waals surface area contributed by atoms with Gasteiger partial charge in [0.2, 0.25) is 5.91 Å². The molecule has 4 amide bonds. The molecule has 0 bridgehead atoms. The van der Waals surface area contributed by atoms with Crippen LogP contribution in [0.1, 0.15) is 31.2 Å². The van der Waals surface area contributed by atoms with Gasteiger partial charge in [-0.25, -0.2) is 4.79 Å². The summed E-state index contributed by atoms with van der Waals surface area (Å²) < 4.78 is 4.73. The van der Waals surface area contributed by atoms with Crippen molar-refractivity contribution in [1.29, 1.82) is 0 Å². The van der Waals surface area contributed by atoms with Crippen molar-refractivity contribution in [1.82, 2.24) is 16.0 Å². The normalized spacial score (nSPS) is 13.7. The van der Waals surface area contributed by atoms with Crippen LogP contribution in [0.4, 0.5) is 4.79 Å². The Morgan fingerprint density at radius 3 is 2.38 bits per heavy atom. The lowest BCUT2D eigenvalue weighted by Gasteiger charge is -2.12. The molecule has 1 aliphatic carbocycles. The van der Waals surface area contributed by atoms with Crippen molar-refractivity contribution >= 4 is 23.8 Å². The van der Waals surface area contributed by atoms with E-state index in [0.717, 1.165) is 31.2 Å². The fraction of sp³-hybridized carbons (Fsp3) is 0.444. The molecule has 0 spiro atoms. The van der Waals surface area contributed by atoms with E-state index < -0.39 is 24.5 Å². The molecule has 140 valence electrons. The van der Waals surface area contributed by atoms with Gasteiger partial charge < -0.3 is 15.4 Å². The van der Waals surface area contributed by atoms with Gasteiger partial charge in [-0.2, -0.15) is 0 Å². The highest BCUT2D eigenvalue weighted by atomic mass is 16.5. The van der Waals surface area contributed by atoms with Gasteiger partial charge in [0.15, 0.2) is 6.61 Å². The quantitative estimate of drug-likeness (QED) is 0.617. The first-order chi connectivity index (χ1) is 12.5. The van der Waals surface area contributed by atoms with Gasteiger partial charge in [0.1, 0.15) is 6.54 Å². The van der Waals surface area contributed by atoms with E-state index in [4.69, 9.17) is 4.74 Å². The standard InChI is InChI=1S/C18H23N3O5/c22-15(10-13-6-2-1-3-7-13)19-11-17(24)26-12-16(23)21-18(25)20-14-8-4-5-9-14/h1-3,6-7,14H,4-5,8-12H2,(H,19,22)(H2,20,21,23,25). The molecule has 0 aliphatic heterocycles. The SMILES string of the molecule is O=C(Cc1ccccc1)NCC(=O)OCC(=O)NC(=O)NC1CCCC1. The minimum Gasteiger partial charge on any atom is -0.454 e. The van der Waals surface area contributed by atoms with Crippen LogP contribution in [-0.4, -0.2) is 43.0 Å². The molecule has 1 aromatic rings. The smallest absolute Gasteiger partial charge is 0.325 e. The number of benzene rings is 1. The van der Waals surface area contributed by atoms with E-state index in [-0.39, 0.29) is 24.9 Å². The molecule has 1 fully saturated rings. The van der Waals surface area contributed by atoms with Gasteiger partial charge in [-0.1, -0.05) is 43.2 Å². The van der Waals surface area contributed by atoms with Crippen LogP contribution in [0.3, 0.4) is 0 Å². The number of hydrogen-bond donors (Lipinski definition) is 3. The molecule has 0 saturated heterocycles. The van der Waals surface area contributed by atoms with Crippen LogP contribution in [0.2, 0.25) is 0 Å². The predicted octanol–water partition coefficient (Wildman–Crippen LogP) is 0.657. The number of esters is 1. The molecule has 1 saturated carbocycles. The Balaban J connectivity index is 1.58. The Morgan fingerprint density at radius 1 is 1.00 bits per heavy atom.